The molecule has 0 saturated heterocycles. The van der Waals surface area contributed by atoms with Crippen molar-refractivity contribution >= 4 is 21.6 Å². The third-order valence-electron chi connectivity index (χ3n) is 1.91. The number of benzene rings is 1. The van der Waals surface area contributed by atoms with Crippen molar-refractivity contribution in [2.45, 2.75) is 6.18 Å². The van der Waals surface area contributed by atoms with Gasteiger partial charge in [-0.25, -0.2) is 0 Å². The molecule has 2 nitrogen and oxygen atoms in total. The van der Waals surface area contributed by atoms with E-state index in [2.05, 4.69) is 15.9 Å². The molecule has 0 saturated carbocycles. The highest BCUT2D eigenvalue weighted by Crippen LogP contribution is 2.26. The highest BCUT2D eigenvalue weighted by Gasteiger charge is 2.30. The summed E-state index contributed by atoms with van der Waals surface area (Å²) in [5.41, 5.74) is 0.476. The Balaban J connectivity index is 3.03. The molecule has 1 aromatic rings. The van der Waals surface area contributed by atoms with E-state index < -0.39 is 12.7 Å². The zero-order valence-electron chi connectivity index (χ0n) is 8.35. The summed E-state index contributed by atoms with van der Waals surface area (Å²) in [6.45, 7) is -1.09. The number of anilines is 1. The fourth-order valence-electron chi connectivity index (χ4n) is 1.27. The topological polar surface area (TPSA) is 27.0 Å². The first kappa shape index (κ1) is 12.8. The van der Waals surface area contributed by atoms with Crippen LogP contribution in [0.15, 0.2) is 22.7 Å². The third kappa shape index (κ3) is 3.42. The van der Waals surface area contributed by atoms with Gasteiger partial charge in [0.15, 0.2) is 0 Å². The lowest BCUT2D eigenvalue weighted by molar-refractivity contribution is -0.119. The number of alkyl halides is 3. The van der Waals surface area contributed by atoms with E-state index in [1.165, 1.54) is 19.2 Å². The van der Waals surface area contributed by atoms with E-state index in [0.717, 1.165) is 4.90 Å². The fourth-order valence-corrected chi connectivity index (χ4v) is 1.62. The summed E-state index contributed by atoms with van der Waals surface area (Å²) >= 11 is 3.16. The molecule has 0 aromatic heterocycles. The van der Waals surface area contributed by atoms with Crippen LogP contribution in [0.5, 0.6) is 0 Å². The minimum atomic E-state index is -4.29. The van der Waals surface area contributed by atoms with Crippen LogP contribution in [0.4, 0.5) is 18.9 Å². The maximum Gasteiger partial charge on any atom is 0.405 e. The number of nitrogens with zero attached hydrogens (tertiary/aromatic N) is 2. The Bertz CT molecular complexity index is 423. The van der Waals surface area contributed by atoms with Crippen molar-refractivity contribution < 1.29 is 13.2 Å². The van der Waals surface area contributed by atoms with Gasteiger partial charge in [-0.2, -0.15) is 18.4 Å². The van der Waals surface area contributed by atoms with E-state index in [4.69, 9.17) is 5.26 Å². The van der Waals surface area contributed by atoms with Crippen LogP contribution < -0.4 is 4.90 Å². The highest BCUT2D eigenvalue weighted by atomic mass is 79.9. The first-order valence-electron chi connectivity index (χ1n) is 4.31. The SMILES string of the molecule is CN(CC(F)(F)F)c1cc(Br)ccc1C#N. The predicted octanol–water partition coefficient (Wildman–Crippen LogP) is 3.32. The quantitative estimate of drug-likeness (QED) is 0.836. The number of halogens is 4. The van der Waals surface area contributed by atoms with E-state index in [0.29, 0.717) is 4.47 Å². The van der Waals surface area contributed by atoms with Gasteiger partial charge in [0.1, 0.15) is 12.6 Å². The number of hydrogen-bond acceptors (Lipinski definition) is 2. The molecule has 1 rings (SSSR count). The molecule has 0 N–H and O–H groups in total. The molecule has 0 aliphatic heterocycles. The van der Waals surface area contributed by atoms with Crippen molar-refractivity contribution in [3.8, 4) is 6.07 Å². The van der Waals surface area contributed by atoms with E-state index >= 15 is 0 Å². The molecule has 6 heteroatoms. The minimum absolute atomic E-state index is 0.218. The summed E-state index contributed by atoms with van der Waals surface area (Å²) in [6.07, 6.45) is -4.29. The van der Waals surface area contributed by atoms with Crippen LogP contribution in [-0.4, -0.2) is 19.8 Å². The summed E-state index contributed by atoms with van der Waals surface area (Å²) < 4.78 is 37.2. The van der Waals surface area contributed by atoms with Crippen molar-refractivity contribution in [1.29, 1.82) is 5.26 Å². The Kier molecular flexibility index (Phi) is 3.81. The maximum atomic E-state index is 12.2. The summed E-state index contributed by atoms with van der Waals surface area (Å²) in [7, 11) is 1.30. The van der Waals surface area contributed by atoms with Crippen LogP contribution in [0.2, 0.25) is 0 Å². The van der Waals surface area contributed by atoms with Crippen LogP contribution in [-0.2, 0) is 0 Å². The molecular weight excluding hydrogens is 285 g/mol. The second kappa shape index (κ2) is 4.74. The van der Waals surface area contributed by atoms with Gasteiger partial charge >= 0.3 is 6.18 Å². The Labute approximate surface area is 99.4 Å². The lowest BCUT2D eigenvalue weighted by Crippen LogP contribution is -2.31. The Morgan fingerprint density at radius 1 is 1.44 bits per heavy atom. The fraction of sp³-hybridized carbons (Fsp3) is 0.300. The number of nitriles is 1. The smallest absolute Gasteiger partial charge is 0.365 e. The Morgan fingerprint density at radius 3 is 2.56 bits per heavy atom. The van der Waals surface area contributed by atoms with Gasteiger partial charge < -0.3 is 4.90 Å². The van der Waals surface area contributed by atoms with Gasteiger partial charge in [0.25, 0.3) is 0 Å². The lowest BCUT2D eigenvalue weighted by atomic mass is 10.2. The standard InChI is InChI=1S/C10H8BrF3N2/c1-16(6-10(12,13)14)9-4-8(11)3-2-7(9)5-15/h2-4H,6H2,1H3. The van der Waals surface area contributed by atoms with Gasteiger partial charge in [-0.3, -0.25) is 0 Å². The van der Waals surface area contributed by atoms with Crippen LogP contribution in [0.25, 0.3) is 0 Å². The molecule has 0 radical (unpaired) electrons. The number of rotatable bonds is 2. The molecule has 1 aromatic carbocycles. The average molecular weight is 293 g/mol. The molecule has 0 heterocycles. The molecular formula is C10H8BrF3N2. The normalized spacial score (nSPS) is 11.0. The third-order valence-corrected chi connectivity index (χ3v) is 2.40. The van der Waals surface area contributed by atoms with Gasteiger partial charge in [-0.05, 0) is 18.2 Å². The molecule has 0 aliphatic rings. The van der Waals surface area contributed by atoms with Crippen LogP contribution in [0.1, 0.15) is 5.56 Å². The van der Waals surface area contributed by atoms with Crippen LogP contribution >= 0.6 is 15.9 Å². The monoisotopic (exact) mass is 292 g/mol. The average Bonchev–Trinajstić information content (AvgIpc) is 2.15. The van der Waals surface area contributed by atoms with E-state index in [1.807, 2.05) is 6.07 Å². The van der Waals surface area contributed by atoms with Gasteiger partial charge in [0.05, 0.1) is 11.3 Å². The Morgan fingerprint density at radius 2 is 2.06 bits per heavy atom. The molecule has 0 bridgehead atoms. The summed E-state index contributed by atoms with van der Waals surface area (Å²) in [5, 5.41) is 8.78. The summed E-state index contributed by atoms with van der Waals surface area (Å²) in [6, 6.07) is 6.44. The molecule has 0 unspecified atom stereocenters. The second-order valence-corrected chi connectivity index (χ2v) is 4.16. The largest absolute Gasteiger partial charge is 0.405 e. The molecule has 0 atom stereocenters. The van der Waals surface area contributed by atoms with Gasteiger partial charge in [-0.1, -0.05) is 15.9 Å². The van der Waals surface area contributed by atoms with Crippen molar-refractivity contribution in [3.05, 3.63) is 28.2 Å². The van der Waals surface area contributed by atoms with Gasteiger partial charge in [-0.15, -0.1) is 0 Å². The second-order valence-electron chi connectivity index (χ2n) is 3.24. The van der Waals surface area contributed by atoms with Crippen LogP contribution in [0.3, 0.4) is 0 Å². The molecule has 0 amide bonds. The van der Waals surface area contributed by atoms with Crippen LogP contribution in [0, 0.1) is 11.3 Å². The van der Waals surface area contributed by atoms with Gasteiger partial charge in [0.2, 0.25) is 0 Å². The van der Waals surface area contributed by atoms with E-state index in [-0.39, 0.29) is 11.3 Å². The predicted molar refractivity (Wildman–Crippen MR) is 58.2 cm³/mol. The first-order chi connectivity index (χ1) is 7.33. The number of hydrogen-bond donors (Lipinski definition) is 0. The molecule has 16 heavy (non-hydrogen) atoms. The van der Waals surface area contributed by atoms with E-state index in [9.17, 15) is 13.2 Å². The van der Waals surface area contributed by atoms with Crippen molar-refractivity contribution in [2.24, 2.45) is 0 Å². The lowest BCUT2D eigenvalue weighted by Gasteiger charge is -2.22. The summed E-state index contributed by atoms with van der Waals surface area (Å²) in [5.74, 6) is 0. The maximum absolute atomic E-state index is 12.2. The molecule has 0 aliphatic carbocycles. The zero-order valence-corrected chi connectivity index (χ0v) is 9.93. The molecule has 86 valence electrons. The minimum Gasteiger partial charge on any atom is -0.365 e. The van der Waals surface area contributed by atoms with Crippen molar-refractivity contribution in [3.63, 3.8) is 0 Å². The van der Waals surface area contributed by atoms with E-state index in [1.54, 1.807) is 6.07 Å². The zero-order chi connectivity index (χ0) is 12.3. The molecule has 0 fully saturated rings. The highest BCUT2D eigenvalue weighted by molar-refractivity contribution is 9.10. The van der Waals surface area contributed by atoms with Gasteiger partial charge in [0, 0.05) is 11.5 Å². The first-order valence-corrected chi connectivity index (χ1v) is 5.10. The molecule has 0 spiro atoms. The Hall–Kier alpha value is -1.22. The summed E-state index contributed by atoms with van der Waals surface area (Å²) in [4.78, 5) is 1.00. The van der Waals surface area contributed by atoms with Crippen molar-refractivity contribution in [2.75, 3.05) is 18.5 Å². The van der Waals surface area contributed by atoms with Crippen molar-refractivity contribution in [1.82, 2.24) is 0 Å².